The van der Waals surface area contributed by atoms with Crippen LogP contribution in [-0.4, -0.2) is 27.0 Å². The molecule has 1 N–H and O–H groups in total. The van der Waals surface area contributed by atoms with E-state index in [0.29, 0.717) is 24.9 Å². The number of nitrogens with one attached hydrogen (secondary N) is 1. The monoisotopic (exact) mass is 296 g/mol. The van der Waals surface area contributed by atoms with Crippen molar-refractivity contribution < 1.29 is 4.79 Å². The maximum atomic E-state index is 11.9. The van der Waals surface area contributed by atoms with Crippen LogP contribution in [0.5, 0.6) is 0 Å². The second-order valence-electron chi connectivity index (χ2n) is 6.32. The molecular weight excluding hydrogens is 276 g/mol. The van der Waals surface area contributed by atoms with Crippen molar-refractivity contribution in [1.29, 1.82) is 0 Å². The molecule has 22 heavy (non-hydrogen) atoms. The van der Waals surface area contributed by atoms with Crippen LogP contribution in [-0.2, 0) is 11.2 Å². The molecule has 0 radical (unpaired) electrons. The molecule has 2 aromatic heterocycles. The Hall–Kier alpha value is -2.17. The van der Waals surface area contributed by atoms with E-state index in [9.17, 15) is 4.79 Å². The number of hydrogen-bond acceptors (Lipinski definition) is 3. The molecule has 4 rings (SSSR count). The van der Waals surface area contributed by atoms with Gasteiger partial charge in [0.2, 0.25) is 5.91 Å². The minimum atomic E-state index is 0.194. The number of carbonyl (C=O) groups is 1. The number of nitrogens with zero attached hydrogens (tertiary/aromatic N) is 3. The van der Waals surface area contributed by atoms with Gasteiger partial charge in [-0.2, -0.15) is 0 Å². The number of pyridine rings is 1. The summed E-state index contributed by atoms with van der Waals surface area (Å²) >= 11 is 0. The molecule has 1 aliphatic heterocycles. The lowest BCUT2D eigenvalue weighted by Gasteiger charge is -2.17. The molecule has 2 aliphatic rings. The summed E-state index contributed by atoms with van der Waals surface area (Å²) in [5.41, 5.74) is 2.18. The number of aryl methyl sites for hydroxylation is 1. The average Bonchev–Trinajstić information content (AvgIpc) is 3.11. The summed E-state index contributed by atoms with van der Waals surface area (Å²) < 4.78 is 2.27. The van der Waals surface area contributed by atoms with Crippen molar-refractivity contribution in [3.8, 4) is 11.3 Å². The van der Waals surface area contributed by atoms with E-state index in [4.69, 9.17) is 0 Å². The highest BCUT2D eigenvalue weighted by Gasteiger charge is 2.28. The van der Waals surface area contributed by atoms with Crippen LogP contribution in [0.4, 0.5) is 0 Å². The van der Waals surface area contributed by atoms with Crippen LogP contribution in [0.3, 0.4) is 0 Å². The second-order valence-corrected chi connectivity index (χ2v) is 6.32. The van der Waals surface area contributed by atoms with Crippen molar-refractivity contribution >= 4 is 5.91 Å². The Kier molecular flexibility index (Phi) is 3.41. The quantitative estimate of drug-likeness (QED) is 0.921. The lowest BCUT2D eigenvalue weighted by molar-refractivity contribution is -0.121. The Morgan fingerprint density at radius 3 is 3.00 bits per heavy atom. The highest BCUT2D eigenvalue weighted by Crippen LogP contribution is 2.33. The largest absolute Gasteiger partial charge is 0.354 e. The predicted molar refractivity (Wildman–Crippen MR) is 83.2 cm³/mol. The summed E-state index contributed by atoms with van der Waals surface area (Å²) in [7, 11) is 0. The molecule has 3 heterocycles. The maximum Gasteiger partial charge on any atom is 0.220 e. The molecule has 5 heteroatoms. The van der Waals surface area contributed by atoms with Crippen LogP contribution in [0.25, 0.3) is 11.3 Å². The molecule has 0 saturated heterocycles. The van der Waals surface area contributed by atoms with Crippen LogP contribution in [0, 0.1) is 5.92 Å². The zero-order valence-corrected chi connectivity index (χ0v) is 12.5. The van der Waals surface area contributed by atoms with Crippen molar-refractivity contribution in [2.24, 2.45) is 5.92 Å². The van der Waals surface area contributed by atoms with Crippen LogP contribution in [0.15, 0.2) is 30.7 Å². The number of fused-ring (bicyclic) bond motifs is 1. The number of rotatable bonds is 5. The molecule has 1 atom stereocenters. The third-order valence-corrected chi connectivity index (χ3v) is 4.60. The van der Waals surface area contributed by atoms with Gasteiger partial charge in [-0.15, -0.1) is 0 Å². The van der Waals surface area contributed by atoms with Gasteiger partial charge in [0.05, 0.1) is 17.9 Å². The van der Waals surface area contributed by atoms with Crippen molar-refractivity contribution in [3.05, 3.63) is 36.5 Å². The first-order valence-corrected chi connectivity index (χ1v) is 8.04. The van der Waals surface area contributed by atoms with E-state index >= 15 is 0 Å². The molecule has 114 valence electrons. The van der Waals surface area contributed by atoms with Crippen molar-refractivity contribution in [1.82, 2.24) is 19.9 Å². The Balaban J connectivity index is 1.49. The first-order valence-electron chi connectivity index (χ1n) is 8.04. The van der Waals surface area contributed by atoms with Gasteiger partial charge < -0.3 is 9.88 Å². The van der Waals surface area contributed by atoms with Gasteiger partial charge in [-0.3, -0.25) is 9.78 Å². The van der Waals surface area contributed by atoms with Gasteiger partial charge in [-0.05, 0) is 37.3 Å². The lowest BCUT2D eigenvalue weighted by atomic mass is 10.1. The molecule has 1 fully saturated rings. The maximum absolute atomic E-state index is 11.9. The smallest absolute Gasteiger partial charge is 0.220 e. The van der Waals surface area contributed by atoms with Gasteiger partial charge in [-0.25, -0.2) is 4.98 Å². The molecule has 0 spiro atoms. The fourth-order valence-electron chi connectivity index (χ4n) is 3.23. The SMILES string of the molecule is O=C(CC1CC1)NCC1CCc2ncc(-c3cccnc3)n21. The van der Waals surface area contributed by atoms with Gasteiger partial charge in [0.1, 0.15) is 5.82 Å². The van der Waals surface area contributed by atoms with Gasteiger partial charge >= 0.3 is 0 Å². The van der Waals surface area contributed by atoms with Crippen molar-refractivity contribution in [2.45, 2.75) is 38.1 Å². The standard InChI is InChI=1S/C17H20N4O/c22-17(8-12-3-4-12)20-10-14-5-6-16-19-11-15(21(14)16)13-2-1-7-18-9-13/h1-2,7,9,11-12,14H,3-6,8,10H2,(H,20,22). The first kappa shape index (κ1) is 13.5. The molecule has 1 aliphatic carbocycles. The molecule has 1 amide bonds. The molecular formula is C17H20N4O. The summed E-state index contributed by atoms with van der Waals surface area (Å²) in [4.78, 5) is 20.6. The summed E-state index contributed by atoms with van der Waals surface area (Å²) in [6.07, 6.45) is 10.7. The summed E-state index contributed by atoms with van der Waals surface area (Å²) in [6.45, 7) is 0.697. The summed E-state index contributed by atoms with van der Waals surface area (Å²) in [6, 6.07) is 4.30. The number of aromatic nitrogens is 3. The third-order valence-electron chi connectivity index (χ3n) is 4.60. The number of amides is 1. The van der Waals surface area contributed by atoms with Gasteiger partial charge in [0, 0.05) is 37.3 Å². The van der Waals surface area contributed by atoms with E-state index in [-0.39, 0.29) is 5.91 Å². The third kappa shape index (κ3) is 2.63. The summed E-state index contributed by atoms with van der Waals surface area (Å²) in [5.74, 6) is 1.94. The number of hydrogen-bond donors (Lipinski definition) is 1. The Bertz CT molecular complexity index is 675. The Morgan fingerprint density at radius 2 is 2.23 bits per heavy atom. The highest BCUT2D eigenvalue weighted by molar-refractivity contribution is 5.76. The van der Waals surface area contributed by atoms with Crippen LogP contribution >= 0.6 is 0 Å². The average molecular weight is 296 g/mol. The van der Waals surface area contributed by atoms with E-state index in [1.54, 1.807) is 6.20 Å². The molecule has 5 nitrogen and oxygen atoms in total. The van der Waals surface area contributed by atoms with Gasteiger partial charge in [0.25, 0.3) is 0 Å². The van der Waals surface area contributed by atoms with Gasteiger partial charge in [-0.1, -0.05) is 0 Å². The zero-order chi connectivity index (χ0) is 14.9. The fraction of sp³-hybridized carbons (Fsp3) is 0.471. The van der Waals surface area contributed by atoms with Crippen molar-refractivity contribution in [3.63, 3.8) is 0 Å². The van der Waals surface area contributed by atoms with E-state index in [2.05, 4.69) is 25.9 Å². The second kappa shape index (κ2) is 5.55. The molecule has 1 saturated carbocycles. The van der Waals surface area contributed by atoms with E-state index in [1.165, 1.54) is 12.8 Å². The number of imidazole rings is 1. The minimum Gasteiger partial charge on any atom is -0.354 e. The predicted octanol–water partition coefficient (Wildman–Crippen LogP) is 2.35. The van der Waals surface area contributed by atoms with E-state index < -0.39 is 0 Å². The van der Waals surface area contributed by atoms with E-state index in [0.717, 1.165) is 29.9 Å². The van der Waals surface area contributed by atoms with E-state index in [1.807, 2.05) is 18.5 Å². The molecule has 2 aromatic rings. The minimum absolute atomic E-state index is 0.194. The molecule has 0 bridgehead atoms. The molecule has 0 aromatic carbocycles. The molecule has 1 unspecified atom stereocenters. The first-order chi connectivity index (χ1) is 10.8. The summed E-state index contributed by atoms with van der Waals surface area (Å²) in [5, 5.41) is 3.10. The van der Waals surface area contributed by atoms with Crippen LogP contribution in [0.2, 0.25) is 0 Å². The normalized spacial score (nSPS) is 19.9. The zero-order valence-electron chi connectivity index (χ0n) is 12.5. The number of carbonyl (C=O) groups excluding carboxylic acids is 1. The fourth-order valence-corrected chi connectivity index (χ4v) is 3.23. The topological polar surface area (TPSA) is 59.8 Å². The van der Waals surface area contributed by atoms with Gasteiger partial charge in [0.15, 0.2) is 0 Å². The Labute approximate surface area is 129 Å². The van der Waals surface area contributed by atoms with Crippen LogP contribution < -0.4 is 5.32 Å². The Morgan fingerprint density at radius 1 is 1.32 bits per heavy atom. The highest BCUT2D eigenvalue weighted by atomic mass is 16.1. The van der Waals surface area contributed by atoms with Crippen molar-refractivity contribution in [2.75, 3.05) is 6.54 Å². The lowest BCUT2D eigenvalue weighted by Crippen LogP contribution is -2.29. The van der Waals surface area contributed by atoms with Crippen LogP contribution in [0.1, 0.15) is 37.5 Å².